The van der Waals surface area contributed by atoms with Gasteiger partial charge in [0.05, 0.1) is 17.8 Å². The molecule has 1 aliphatic heterocycles. The normalized spacial score (nSPS) is 21.2. The van der Waals surface area contributed by atoms with Gasteiger partial charge in [-0.15, -0.1) is 4.52 Å². The van der Waals surface area contributed by atoms with E-state index in [2.05, 4.69) is 5.10 Å². The van der Waals surface area contributed by atoms with Gasteiger partial charge < -0.3 is 4.74 Å². The van der Waals surface area contributed by atoms with Crippen molar-refractivity contribution in [2.45, 2.75) is 70.4 Å². The molecular weight excluding hydrogens is 352 g/mol. The minimum Gasteiger partial charge on any atom is -0.444 e. The quantitative estimate of drug-likeness (QED) is 0.632. The number of fused-ring (bicyclic) bond motifs is 1. The van der Waals surface area contributed by atoms with Gasteiger partial charge in [-0.05, 0) is 69.5 Å². The lowest BCUT2D eigenvalue weighted by atomic mass is 10.00. The minimum absolute atomic E-state index is 0.0410. The Labute approximate surface area is 158 Å². The standard InChI is InChI=1S/C19H25ClN4O2/c1-19(2,3)26-18(25)23-9-5-4-6-15(23)14-11-17-21-13(12-7-8-12)10-16(20)24(17)22-14/h10-12,15H,4-9H2,1-3H3/p+1/t15-/m0/s1. The summed E-state index contributed by atoms with van der Waals surface area (Å²) in [4.78, 5) is 19.3. The van der Waals surface area contributed by atoms with E-state index in [-0.39, 0.29) is 12.1 Å². The van der Waals surface area contributed by atoms with Crippen LogP contribution in [0.3, 0.4) is 0 Å². The maximum atomic E-state index is 12.7. The van der Waals surface area contributed by atoms with Crippen molar-refractivity contribution < 1.29 is 14.0 Å². The number of carbonyl (C=O) groups excluding carboxylic acids is 1. The number of H-pyrrole nitrogens is 1. The zero-order valence-corrected chi connectivity index (χ0v) is 16.3. The molecule has 3 heterocycles. The number of hydrogen-bond donors (Lipinski definition) is 1. The zero-order chi connectivity index (χ0) is 18.5. The first kappa shape index (κ1) is 17.6. The average molecular weight is 378 g/mol. The molecule has 1 amide bonds. The van der Waals surface area contributed by atoms with Gasteiger partial charge in [0.25, 0.3) is 0 Å². The first-order chi connectivity index (χ1) is 12.3. The van der Waals surface area contributed by atoms with E-state index in [1.807, 2.05) is 37.8 Å². The van der Waals surface area contributed by atoms with Gasteiger partial charge in [-0.1, -0.05) is 0 Å². The molecule has 4 rings (SSSR count). The summed E-state index contributed by atoms with van der Waals surface area (Å²) in [5.74, 6) is 0.545. The maximum Gasteiger partial charge on any atom is 0.410 e. The highest BCUT2D eigenvalue weighted by atomic mass is 35.5. The predicted octanol–water partition coefficient (Wildman–Crippen LogP) is 4.14. The van der Waals surface area contributed by atoms with Gasteiger partial charge >= 0.3 is 11.7 Å². The Kier molecular flexibility index (Phi) is 4.34. The number of piperidine rings is 1. The summed E-state index contributed by atoms with van der Waals surface area (Å²) in [6.07, 6.45) is 5.09. The van der Waals surface area contributed by atoms with Gasteiger partial charge in [-0.25, -0.2) is 9.89 Å². The topological polar surface area (TPSA) is 62.3 Å². The highest BCUT2D eigenvalue weighted by Crippen LogP contribution is 2.39. The molecule has 7 heteroatoms. The molecule has 0 unspecified atom stereocenters. The number of carbonyl (C=O) groups is 1. The van der Waals surface area contributed by atoms with Crippen LogP contribution in [0.15, 0.2) is 12.1 Å². The molecular formula is C19H26ClN4O2+. The second kappa shape index (κ2) is 6.41. The molecule has 1 atom stereocenters. The zero-order valence-electron chi connectivity index (χ0n) is 15.6. The molecule has 26 heavy (non-hydrogen) atoms. The summed E-state index contributed by atoms with van der Waals surface area (Å²) < 4.78 is 7.41. The number of nitrogens with zero attached hydrogens (tertiary/aromatic N) is 3. The van der Waals surface area contributed by atoms with E-state index in [0.717, 1.165) is 36.3 Å². The summed E-state index contributed by atoms with van der Waals surface area (Å²) in [6.45, 7) is 6.39. The summed E-state index contributed by atoms with van der Waals surface area (Å²) in [6, 6.07) is 3.92. The Bertz CT molecular complexity index is 838. The van der Waals surface area contributed by atoms with E-state index in [0.29, 0.717) is 17.6 Å². The number of nitrogens with one attached hydrogen (secondary N) is 1. The van der Waals surface area contributed by atoms with Gasteiger partial charge in [-0.2, -0.15) is 0 Å². The number of aromatic amines is 1. The largest absolute Gasteiger partial charge is 0.444 e. The first-order valence-corrected chi connectivity index (χ1v) is 9.80. The number of ether oxygens (including phenoxy) is 1. The van der Waals surface area contributed by atoms with Crippen LogP contribution in [0.5, 0.6) is 0 Å². The molecule has 2 aromatic heterocycles. The van der Waals surface area contributed by atoms with Crippen molar-refractivity contribution in [3.63, 3.8) is 0 Å². The van der Waals surface area contributed by atoms with Gasteiger partial charge in [0, 0.05) is 18.5 Å². The summed E-state index contributed by atoms with van der Waals surface area (Å²) in [5, 5.41) is 3.97. The van der Waals surface area contributed by atoms with Crippen LogP contribution in [0, 0.1) is 0 Å². The lowest BCUT2D eigenvalue weighted by Crippen LogP contribution is -2.42. The van der Waals surface area contributed by atoms with Crippen LogP contribution in [0.1, 0.15) is 76.2 Å². The number of amides is 1. The number of halogens is 1. The molecule has 1 N–H and O–H groups in total. The van der Waals surface area contributed by atoms with Gasteiger partial charge in [0.15, 0.2) is 5.69 Å². The fourth-order valence-corrected chi connectivity index (χ4v) is 3.81. The van der Waals surface area contributed by atoms with Crippen molar-refractivity contribution >= 4 is 23.3 Å². The molecule has 2 aromatic rings. The van der Waals surface area contributed by atoms with Crippen molar-refractivity contribution in [3.05, 3.63) is 28.7 Å². The molecule has 0 aromatic carbocycles. The Morgan fingerprint density at radius 1 is 1.31 bits per heavy atom. The molecule has 1 saturated heterocycles. The van der Waals surface area contributed by atoms with Crippen molar-refractivity contribution in [2.75, 3.05) is 6.54 Å². The van der Waals surface area contributed by atoms with E-state index in [1.54, 1.807) is 4.52 Å². The fraction of sp³-hybridized carbons (Fsp3) is 0.632. The molecule has 140 valence electrons. The van der Waals surface area contributed by atoms with Crippen LogP contribution in [-0.2, 0) is 4.74 Å². The molecule has 0 radical (unpaired) electrons. The van der Waals surface area contributed by atoms with Crippen LogP contribution >= 0.6 is 11.6 Å². The van der Waals surface area contributed by atoms with E-state index < -0.39 is 5.60 Å². The molecule has 2 aliphatic rings. The van der Waals surface area contributed by atoms with E-state index in [4.69, 9.17) is 21.3 Å². The molecule has 2 fully saturated rings. The van der Waals surface area contributed by atoms with Crippen LogP contribution in [-0.4, -0.2) is 33.2 Å². The third-order valence-corrected chi connectivity index (χ3v) is 5.24. The summed E-state index contributed by atoms with van der Waals surface area (Å²) in [7, 11) is 0. The molecule has 1 aliphatic carbocycles. The number of hydrogen-bond acceptors (Lipinski definition) is 3. The van der Waals surface area contributed by atoms with Crippen molar-refractivity contribution in [2.24, 2.45) is 0 Å². The minimum atomic E-state index is -0.502. The maximum absolute atomic E-state index is 12.7. The lowest BCUT2D eigenvalue weighted by molar-refractivity contribution is -0.577. The Morgan fingerprint density at radius 3 is 2.77 bits per heavy atom. The number of likely N-dealkylation sites (tertiary alicyclic amines) is 1. The second-order valence-electron chi connectivity index (χ2n) is 8.37. The van der Waals surface area contributed by atoms with Crippen LogP contribution in [0.2, 0.25) is 5.15 Å². The fourth-order valence-electron chi connectivity index (χ4n) is 3.57. The van der Waals surface area contributed by atoms with Crippen molar-refractivity contribution in [1.82, 2.24) is 15.0 Å². The third kappa shape index (κ3) is 3.52. The van der Waals surface area contributed by atoms with Crippen LogP contribution in [0.4, 0.5) is 4.79 Å². The highest BCUT2D eigenvalue weighted by Gasteiger charge is 2.35. The summed E-state index contributed by atoms with van der Waals surface area (Å²) >= 11 is 6.46. The van der Waals surface area contributed by atoms with E-state index in [9.17, 15) is 4.79 Å². The average Bonchev–Trinajstić information content (AvgIpc) is 3.32. The van der Waals surface area contributed by atoms with Gasteiger partial charge in [-0.3, -0.25) is 4.90 Å². The molecule has 6 nitrogen and oxygen atoms in total. The SMILES string of the molecule is CC(C)(C)OC(=O)N1CCCC[C@H]1c1cc2nc(C3CC3)cc(Cl)[n+]2[nH]1. The van der Waals surface area contributed by atoms with E-state index in [1.165, 1.54) is 12.8 Å². The van der Waals surface area contributed by atoms with Crippen LogP contribution in [0.25, 0.3) is 5.65 Å². The molecule has 0 spiro atoms. The number of rotatable bonds is 2. The third-order valence-electron chi connectivity index (χ3n) is 4.96. The Balaban J connectivity index is 1.65. The highest BCUT2D eigenvalue weighted by molar-refractivity contribution is 6.28. The van der Waals surface area contributed by atoms with Crippen LogP contribution < -0.4 is 4.52 Å². The smallest absolute Gasteiger partial charge is 0.410 e. The monoisotopic (exact) mass is 377 g/mol. The summed E-state index contributed by atoms with van der Waals surface area (Å²) in [5.41, 5.74) is 2.33. The predicted molar refractivity (Wildman–Crippen MR) is 98.3 cm³/mol. The molecule has 0 bridgehead atoms. The lowest BCUT2D eigenvalue weighted by Gasteiger charge is -2.35. The Morgan fingerprint density at radius 2 is 2.08 bits per heavy atom. The van der Waals surface area contributed by atoms with Crippen molar-refractivity contribution in [1.29, 1.82) is 0 Å². The molecule has 1 saturated carbocycles. The van der Waals surface area contributed by atoms with Gasteiger partial charge in [0.1, 0.15) is 5.60 Å². The van der Waals surface area contributed by atoms with E-state index >= 15 is 0 Å². The Hall–Kier alpha value is -1.82. The number of aromatic nitrogens is 3. The first-order valence-electron chi connectivity index (χ1n) is 9.42. The second-order valence-corrected chi connectivity index (χ2v) is 8.76. The van der Waals surface area contributed by atoms with Crippen molar-refractivity contribution in [3.8, 4) is 0 Å². The van der Waals surface area contributed by atoms with Gasteiger partial charge in [0.2, 0.25) is 5.15 Å².